The van der Waals surface area contributed by atoms with Crippen LogP contribution in [-0.2, 0) is 6.54 Å². The Hall–Kier alpha value is -1.53. The van der Waals surface area contributed by atoms with Gasteiger partial charge in [0.2, 0.25) is 0 Å². The summed E-state index contributed by atoms with van der Waals surface area (Å²) in [7, 11) is 0. The van der Waals surface area contributed by atoms with Crippen molar-refractivity contribution in [3.8, 4) is 0 Å². The van der Waals surface area contributed by atoms with Gasteiger partial charge in [0.15, 0.2) is 4.67 Å². The zero-order valence-electron chi connectivity index (χ0n) is 10.9. The smallest absolute Gasteiger partial charge is 0.257 e. The van der Waals surface area contributed by atoms with Crippen LogP contribution in [0.4, 0.5) is 0 Å². The summed E-state index contributed by atoms with van der Waals surface area (Å²) in [5.41, 5.74) is 0.594. The summed E-state index contributed by atoms with van der Waals surface area (Å²) >= 11 is 3.21. The Kier molecular flexibility index (Phi) is 3.93. The Morgan fingerprint density at radius 2 is 2.05 bits per heavy atom. The van der Waals surface area contributed by atoms with E-state index in [4.69, 9.17) is 8.83 Å². The fraction of sp³-hybridized carbons (Fsp3) is 0.357. The van der Waals surface area contributed by atoms with E-state index in [-0.39, 0.29) is 5.91 Å². The van der Waals surface area contributed by atoms with Crippen molar-refractivity contribution in [1.82, 2.24) is 9.80 Å². The topological polar surface area (TPSA) is 49.8 Å². The van der Waals surface area contributed by atoms with Crippen LogP contribution in [-0.4, -0.2) is 41.9 Å². The molecule has 3 heterocycles. The minimum Gasteiger partial charge on any atom is -0.468 e. The van der Waals surface area contributed by atoms with Gasteiger partial charge in [-0.1, -0.05) is 0 Å². The van der Waals surface area contributed by atoms with E-state index >= 15 is 0 Å². The minimum atomic E-state index is 0.0251. The summed E-state index contributed by atoms with van der Waals surface area (Å²) in [5.74, 6) is 0.987. The molecule has 0 bridgehead atoms. The summed E-state index contributed by atoms with van der Waals surface area (Å²) in [6.45, 7) is 3.95. The SMILES string of the molecule is O=C(c1coc(Br)c1)N1CCN(Cc2ccco2)CC1. The highest BCUT2D eigenvalue weighted by molar-refractivity contribution is 9.10. The molecule has 0 atom stereocenters. The number of hydrogen-bond donors (Lipinski definition) is 0. The van der Waals surface area contributed by atoms with Crippen LogP contribution in [0.3, 0.4) is 0 Å². The molecule has 2 aromatic heterocycles. The fourth-order valence-corrected chi connectivity index (χ4v) is 2.68. The Morgan fingerprint density at radius 3 is 2.65 bits per heavy atom. The van der Waals surface area contributed by atoms with E-state index in [0.29, 0.717) is 10.2 Å². The second-order valence-corrected chi connectivity index (χ2v) is 5.57. The largest absolute Gasteiger partial charge is 0.468 e. The number of carbonyl (C=O) groups is 1. The van der Waals surface area contributed by atoms with E-state index in [1.807, 2.05) is 17.0 Å². The lowest BCUT2D eigenvalue weighted by Crippen LogP contribution is -2.48. The standard InChI is InChI=1S/C14H15BrN2O3/c15-13-8-11(10-20-13)14(18)17-5-3-16(4-6-17)9-12-2-1-7-19-12/h1-2,7-8,10H,3-6,9H2. The Balaban J connectivity index is 1.54. The average molecular weight is 339 g/mol. The van der Waals surface area contributed by atoms with Gasteiger partial charge in [-0.25, -0.2) is 0 Å². The van der Waals surface area contributed by atoms with Gasteiger partial charge in [-0.05, 0) is 28.1 Å². The van der Waals surface area contributed by atoms with Crippen molar-refractivity contribution in [2.45, 2.75) is 6.54 Å². The maximum atomic E-state index is 12.2. The van der Waals surface area contributed by atoms with Gasteiger partial charge < -0.3 is 13.7 Å². The molecule has 1 aliphatic rings. The van der Waals surface area contributed by atoms with Crippen LogP contribution in [0.25, 0.3) is 0 Å². The van der Waals surface area contributed by atoms with Crippen LogP contribution in [0.5, 0.6) is 0 Å². The Morgan fingerprint density at radius 1 is 1.25 bits per heavy atom. The first kappa shape index (κ1) is 13.5. The van der Waals surface area contributed by atoms with Gasteiger partial charge in [-0.3, -0.25) is 9.69 Å². The van der Waals surface area contributed by atoms with Crippen molar-refractivity contribution >= 4 is 21.8 Å². The third-order valence-corrected chi connectivity index (χ3v) is 3.85. The molecule has 2 aromatic rings. The molecule has 106 valence electrons. The summed E-state index contributed by atoms with van der Waals surface area (Å²) < 4.78 is 11.0. The molecule has 0 saturated carbocycles. The van der Waals surface area contributed by atoms with Gasteiger partial charge in [0.1, 0.15) is 12.0 Å². The quantitative estimate of drug-likeness (QED) is 0.863. The molecule has 3 rings (SSSR count). The van der Waals surface area contributed by atoms with E-state index in [9.17, 15) is 4.79 Å². The molecule has 0 radical (unpaired) electrons. The highest BCUT2D eigenvalue weighted by Gasteiger charge is 2.23. The Bertz CT molecular complexity index is 571. The average Bonchev–Trinajstić information content (AvgIpc) is 3.10. The molecule has 20 heavy (non-hydrogen) atoms. The van der Waals surface area contributed by atoms with E-state index in [1.54, 1.807) is 12.3 Å². The first-order valence-electron chi connectivity index (χ1n) is 6.50. The maximum Gasteiger partial charge on any atom is 0.257 e. The number of hydrogen-bond acceptors (Lipinski definition) is 4. The predicted molar refractivity (Wildman–Crippen MR) is 76.3 cm³/mol. The maximum absolute atomic E-state index is 12.2. The molecule has 1 aliphatic heterocycles. The van der Waals surface area contributed by atoms with Gasteiger partial charge in [-0.15, -0.1) is 0 Å². The molecule has 1 saturated heterocycles. The molecule has 0 N–H and O–H groups in total. The fourth-order valence-electron chi connectivity index (χ4n) is 2.34. The van der Waals surface area contributed by atoms with Gasteiger partial charge in [0.25, 0.3) is 5.91 Å². The van der Waals surface area contributed by atoms with Crippen molar-refractivity contribution in [2.75, 3.05) is 26.2 Å². The number of carbonyl (C=O) groups excluding carboxylic acids is 1. The molecule has 0 unspecified atom stereocenters. The lowest BCUT2D eigenvalue weighted by molar-refractivity contribution is 0.0619. The lowest BCUT2D eigenvalue weighted by atomic mass is 10.2. The summed E-state index contributed by atoms with van der Waals surface area (Å²) in [4.78, 5) is 16.4. The highest BCUT2D eigenvalue weighted by atomic mass is 79.9. The van der Waals surface area contributed by atoms with Crippen LogP contribution < -0.4 is 0 Å². The van der Waals surface area contributed by atoms with Crippen molar-refractivity contribution < 1.29 is 13.6 Å². The first-order chi connectivity index (χ1) is 9.72. The van der Waals surface area contributed by atoms with E-state index in [0.717, 1.165) is 38.5 Å². The van der Waals surface area contributed by atoms with Gasteiger partial charge in [0, 0.05) is 32.2 Å². The van der Waals surface area contributed by atoms with Gasteiger partial charge in [-0.2, -0.15) is 0 Å². The molecular weight excluding hydrogens is 324 g/mol. The first-order valence-corrected chi connectivity index (χ1v) is 7.30. The van der Waals surface area contributed by atoms with Crippen LogP contribution in [0, 0.1) is 0 Å². The Labute approximate surface area is 125 Å². The second-order valence-electron chi connectivity index (χ2n) is 4.79. The molecule has 5 nitrogen and oxygen atoms in total. The monoisotopic (exact) mass is 338 g/mol. The summed E-state index contributed by atoms with van der Waals surface area (Å²) in [6, 6.07) is 5.57. The molecule has 6 heteroatoms. The number of rotatable bonds is 3. The molecule has 1 amide bonds. The third-order valence-electron chi connectivity index (χ3n) is 3.43. The van der Waals surface area contributed by atoms with Crippen LogP contribution >= 0.6 is 15.9 Å². The van der Waals surface area contributed by atoms with Crippen LogP contribution in [0.1, 0.15) is 16.1 Å². The highest BCUT2D eigenvalue weighted by Crippen LogP contribution is 2.17. The summed E-state index contributed by atoms with van der Waals surface area (Å²) in [6.07, 6.45) is 3.17. The molecule has 1 fully saturated rings. The number of nitrogens with zero attached hydrogens (tertiary/aromatic N) is 2. The molecule has 0 spiro atoms. The number of furan rings is 2. The van der Waals surface area contributed by atoms with Crippen molar-refractivity contribution in [1.29, 1.82) is 0 Å². The second kappa shape index (κ2) is 5.85. The molecule has 0 aliphatic carbocycles. The van der Waals surface area contributed by atoms with E-state index < -0.39 is 0 Å². The minimum absolute atomic E-state index is 0.0251. The predicted octanol–water partition coefficient (Wildman–Crippen LogP) is 2.59. The lowest BCUT2D eigenvalue weighted by Gasteiger charge is -2.34. The summed E-state index contributed by atoms with van der Waals surface area (Å²) in [5, 5.41) is 0. The number of piperazine rings is 1. The van der Waals surface area contributed by atoms with Crippen molar-refractivity contribution in [3.63, 3.8) is 0 Å². The van der Waals surface area contributed by atoms with Crippen molar-refractivity contribution in [3.05, 3.63) is 46.7 Å². The molecule has 0 aromatic carbocycles. The zero-order chi connectivity index (χ0) is 13.9. The van der Waals surface area contributed by atoms with Crippen LogP contribution in [0.2, 0.25) is 0 Å². The van der Waals surface area contributed by atoms with Crippen LogP contribution in [0.15, 0.2) is 44.2 Å². The number of amides is 1. The van der Waals surface area contributed by atoms with E-state index in [2.05, 4.69) is 20.8 Å². The van der Waals surface area contributed by atoms with Gasteiger partial charge in [0.05, 0.1) is 18.4 Å². The zero-order valence-corrected chi connectivity index (χ0v) is 12.5. The normalized spacial score (nSPS) is 16.6. The van der Waals surface area contributed by atoms with E-state index in [1.165, 1.54) is 6.26 Å². The number of halogens is 1. The molecular formula is C14H15BrN2O3. The van der Waals surface area contributed by atoms with Crippen molar-refractivity contribution in [2.24, 2.45) is 0 Å². The van der Waals surface area contributed by atoms with Gasteiger partial charge >= 0.3 is 0 Å². The third kappa shape index (κ3) is 2.96.